The van der Waals surface area contributed by atoms with Crippen LogP contribution in [0.4, 0.5) is 4.39 Å². The Labute approximate surface area is 110 Å². The Hall–Kier alpha value is -1.09. The summed E-state index contributed by atoms with van der Waals surface area (Å²) in [4.78, 5) is 0. The lowest BCUT2D eigenvalue weighted by atomic mass is 10.0. The number of benzene rings is 1. The predicted octanol–water partition coefficient (Wildman–Crippen LogP) is 3.75. The summed E-state index contributed by atoms with van der Waals surface area (Å²) in [5.74, 6) is 1.05. The summed E-state index contributed by atoms with van der Waals surface area (Å²) < 4.78 is 18.7. The van der Waals surface area contributed by atoms with Gasteiger partial charge in [0.1, 0.15) is 11.6 Å². The minimum Gasteiger partial charge on any atom is -0.497 e. The number of rotatable bonds is 7. The van der Waals surface area contributed by atoms with Crippen molar-refractivity contribution in [3.8, 4) is 5.75 Å². The molecular formula is C15H24FNO. The molecule has 0 aromatic heterocycles. The Bertz CT molecular complexity index is 368. The van der Waals surface area contributed by atoms with Crippen LogP contribution in [0.25, 0.3) is 0 Å². The van der Waals surface area contributed by atoms with E-state index in [1.807, 2.05) is 0 Å². The Morgan fingerprint density at radius 1 is 1.33 bits per heavy atom. The van der Waals surface area contributed by atoms with Crippen molar-refractivity contribution >= 4 is 0 Å². The minimum absolute atomic E-state index is 0.211. The largest absolute Gasteiger partial charge is 0.497 e. The molecule has 0 saturated heterocycles. The van der Waals surface area contributed by atoms with Gasteiger partial charge >= 0.3 is 0 Å². The first-order valence-corrected chi connectivity index (χ1v) is 6.62. The third-order valence-electron chi connectivity index (χ3n) is 3.35. The standard InChI is InChI=1S/C15H24FNO/c1-5-11(2)8-12(3)17-10-13-6-7-14(18-4)9-15(13)16/h6-7,9,11-12,17H,5,8,10H2,1-4H3. The number of methoxy groups -OCH3 is 1. The van der Waals surface area contributed by atoms with Crippen LogP contribution in [0.3, 0.4) is 0 Å². The third kappa shape index (κ3) is 4.65. The van der Waals surface area contributed by atoms with Crippen LogP contribution in [0.5, 0.6) is 5.75 Å². The monoisotopic (exact) mass is 253 g/mol. The molecule has 0 amide bonds. The zero-order valence-corrected chi connectivity index (χ0v) is 11.8. The molecule has 0 aliphatic carbocycles. The van der Waals surface area contributed by atoms with Crippen LogP contribution in [0, 0.1) is 11.7 Å². The number of hydrogen-bond donors (Lipinski definition) is 1. The second-order valence-corrected chi connectivity index (χ2v) is 4.99. The summed E-state index contributed by atoms with van der Waals surface area (Å²) >= 11 is 0. The Morgan fingerprint density at radius 3 is 2.61 bits per heavy atom. The van der Waals surface area contributed by atoms with E-state index in [1.165, 1.54) is 12.5 Å². The first-order valence-electron chi connectivity index (χ1n) is 6.62. The molecule has 102 valence electrons. The number of halogens is 1. The highest BCUT2D eigenvalue weighted by atomic mass is 19.1. The first kappa shape index (κ1) is 15.0. The van der Waals surface area contributed by atoms with Crippen LogP contribution >= 0.6 is 0 Å². The van der Waals surface area contributed by atoms with Crippen LogP contribution in [0.15, 0.2) is 18.2 Å². The average molecular weight is 253 g/mol. The van der Waals surface area contributed by atoms with Crippen LogP contribution in [-0.2, 0) is 6.54 Å². The van der Waals surface area contributed by atoms with E-state index >= 15 is 0 Å². The van der Waals surface area contributed by atoms with Gasteiger partial charge in [-0.3, -0.25) is 0 Å². The molecule has 0 fully saturated rings. The average Bonchev–Trinajstić information content (AvgIpc) is 2.36. The molecule has 1 aromatic rings. The summed E-state index contributed by atoms with van der Waals surface area (Å²) in [6.45, 7) is 7.15. The van der Waals surface area contributed by atoms with Gasteiger partial charge in [0.25, 0.3) is 0 Å². The van der Waals surface area contributed by atoms with E-state index in [-0.39, 0.29) is 5.82 Å². The lowest BCUT2D eigenvalue weighted by molar-refractivity contribution is 0.403. The molecule has 0 bridgehead atoms. The van der Waals surface area contributed by atoms with Gasteiger partial charge in [0, 0.05) is 24.2 Å². The second-order valence-electron chi connectivity index (χ2n) is 4.99. The van der Waals surface area contributed by atoms with Crippen molar-refractivity contribution in [3.63, 3.8) is 0 Å². The van der Waals surface area contributed by atoms with Crippen molar-refractivity contribution in [2.24, 2.45) is 5.92 Å². The SMILES string of the molecule is CCC(C)CC(C)NCc1ccc(OC)cc1F. The lowest BCUT2D eigenvalue weighted by Crippen LogP contribution is -2.27. The van der Waals surface area contributed by atoms with Gasteiger partial charge in [0.05, 0.1) is 7.11 Å². The van der Waals surface area contributed by atoms with Crippen molar-refractivity contribution in [1.29, 1.82) is 0 Å². The van der Waals surface area contributed by atoms with Crippen molar-refractivity contribution in [2.75, 3.05) is 7.11 Å². The van der Waals surface area contributed by atoms with Crippen LogP contribution in [-0.4, -0.2) is 13.2 Å². The number of hydrogen-bond acceptors (Lipinski definition) is 2. The molecule has 1 aromatic carbocycles. The number of ether oxygens (including phenoxy) is 1. The van der Waals surface area contributed by atoms with E-state index in [9.17, 15) is 4.39 Å². The zero-order chi connectivity index (χ0) is 13.5. The van der Waals surface area contributed by atoms with E-state index < -0.39 is 0 Å². The van der Waals surface area contributed by atoms with Gasteiger partial charge in [-0.15, -0.1) is 0 Å². The zero-order valence-electron chi connectivity index (χ0n) is 11.8. The highest BCUT2D eigenvalue weighted by molar-refractivity contribution is 5.28. The number of nitrogens with one attached hydrogen (secondary N) is 1. The van der Waals surface area contributed by atoms with Gasteiger partial charge in [-0.2, -0.15) is 0 Å². The molecule has 0 radical (unpaired) electrons. The fourth-order valence-electron chi connectivity index (χ4n) is 1.94. The fourth-order valence-corrected chi connectivity index (χ4v) is 1.94. The van der Waals surface area contributed by atoms with Crippen LogP contribution < -0.4 is 10.1 Å². The Balaban J connectivity index is 2.48. The van der Waals surface area contributed by atoms with E-state index in [1.54, 1.807) is 19.2 Å². The van der Waals surface area contributed by atoms with Crippen LogP contribution in [0.1, 0.15) is 39.2 Å². The Kier molecular flexibility index (Phi) is 6.13. The maximum atomic E-state index is 13.7. The smallest absolute Gasteiger partial charge is 0.131 e. The quantitative estimate of drug-likeness (QED) is 0.799. The predicted molar refractivity (Wildman–Crippen MR) is 73.3 cm³/mol. The van der Waals surface area contributed by atoms with Crippen molar-refractivity contribution in [3.05, 3.63) is 29.6 Å². The molecular weight excluding hydrogens is 229 g/mol. The molecule has 0 aliphatic rings. The van der Waals surface area contributed by atoms with Gasteiger partial charge < -0.3 is 10.1 Å². The normalized spacial score (nSPS) is 14.3. The molecule has 2 nitrogen and oxygen atoms in total. The molecule has 1 rings (SSSR count). The molecule has 0 aliphatic heterocycles. The van der Waals surface area contributed by atoms with E-state index in [2.05, 4.69) is 26.1 Å². The molecule has 1 N–H and O–H groups in total. The summed E-state index contributed by atoms with van der Waals surface area (Å²) in [6, 6.07) is 5.40. The third-order valence-corrected chi connectivity index (χ3v) is 3.35. The molecule has 0 heterocycles. The van der Waals surface area contributed by atoms with Crippen LogP contribution in [0.2, 0.25) is 0 Å². The van der Waals surface area contributed by atoms with E-state index in [0.717, 1.165) is 6.42 Å². The summed E-state index contributed by atoms with van der Waals surface area (Å²) in [5.41, 5.74) is 0.687. The maximum Gasteiger partial charge on any atom is 0.131 e. The van der Waals surface area contributed by atoms with Gasteiger partial charge in [0.15, 0.2) is 0 Å². The van der Waals surface area contributed by atoms with Gasteiger partial charge in [-0.25, -0.2) is 4.39 Å². The van der Waals surface area contributed by atoms with Crippen molar-refractivity contribution in [2.45, 2.75) is 46.2 Å². The molecule has 2 unspecified atom stereocenters. The molecule has 0 saturated carbocycles. The second kappa shape index (κ2) is 7.37. The molecule has 2 atom stereocenters. The van der Waals surface area contributed by atoms with Crippen molar-refractivity contribution < 1.29 is 9.13 Å². The minimum atomic E-state index is -0.211. The molecule has 3 heteroatoms. The highest BCUT2D eigenvalue weighted by Gasteiger charge is 2.09. The summed E-state index contributed by atoms with van der Waals surface area (Å²) in [7, 11) is 1.54. The van der Waals surface area contributed by atoms with Gasteiger partial charge in [-0.1, -0.05) is 26.3 Å². The maximum absolute atomic E-state index is 13.7. The molecule has 0 spiro atoms. The van der Waals surface area contributed by atoms with Gasteiger partial charge in [0.2, 0.25) is 0 Å². The first-order chi connectivity index (χ1) is 8.56. The fraction of sp³-hybridized carbons (Fsp3) is 0.600. The summed E-state index contributed by atoms with van der Waals surface area (Å²) in [5, 5.41) is 3.36. The van der Waals surface area contributed by atoms with E-state index in [4.69, 9.17) is 4.74 Å². The topological polar surface area (TPSA) is 21.3 Å². The van der Waals surface area contributed by atoms with Crippen molar-refractivity contribution in [1.82, 2.24) is 5.32 Å². The Morgan fingerprint density at radius 2 is 2.06 bits per heavy atom. The van der Waals surface area contributed by atoms with E-state index in [0.29, 0.717) is 29.8 Å². The summed E-state index contributed by atoms with van der Waals surface area (Å²) in [6.07, 6.45) is 2.30. The highest BCUT2D eigenvalue weighted by Crippen LogP contribution is 2.16. The molecule has 18 heavy (non-hydrogen) atoms. The van der Waals surface area contributed by atoms with Gasteiger partial charge in [-0.05, 0) is 25.3 Å². The lowest BCUT2D eigenvalue weighted by Gasteiger charge is -2.17.